The number of hydrogen-bond donors (Lipinski definition) is 0. The van der Waals surface area contributed by atoms with Gasteiger partial charge in [0.15, 0.2) is 0 Å². The third-order valence-corrected chi connectivity index (χ3v) is 0. The Morgan fingerprint density at radius 1 is 1.00 bits per heavy atom. The van der Waals surface area contributed by atoms with Crippen LogP contribution in [0.4, 0.5) is 0 Å². The summed E-state index contributed by atoms with van der Waals surface area (Å²) in [4.78, 5) is 0. The largest absolute Gasteiger partial charge is 0.907 e. The fourth-order valence-electron chi connectivity index (χ4n) is 0. The van der Waals surface area contributed by atoms with Gasteiger partial charge in [0, 0.05) is 17.6 Å². The smallest absolute Gasteiger partial charge is 0 e. The van der Waals surface area contributed by atoms with Crippen molar-refractivity contribution in [1.29, 1.82) is 0 Å². The summed E-state index contributed by atoms with van der Waals surface area (Å²) in [5, 5.41) is 25.2. The Labute approximate surface area is 40.8 Å². The first-order valence-corrected chi connectivity index (χ1v) is 0.707. The average molecular weight is 131 g/mol. The van der Waals surface area contributed by atoms with Gasteiger partial charge in [-0.25, -0.2) is 0 Å². The first-order chi connectivity index (χ1) is 1.73. The second-order valence-corrected chi connectivity index (χ2v) is 0.289. The molecular formula is BGeO3-3. The average Bonchev–Trinajstić information content (AvgIpc) is 0.811. The molecular weight excluding hydrogens is 131 g/mol. The van der Waals surface area contributed by atoms with E-state index in [1.54, 1.807) is 0 Å². The topological polar surface area (TPSA) is 69.2 Å². The first-order valence-electron chi connectivity index (χ1n) is 0.707. The molecule has 3 nitrogen and oxygen atoms in total. The minimum Gasteiger partial charge on any atom is -0.907 e. The van der Waals surface area contributed by atoms with Gasteiger partial charge in [-0.1, -0.05) is 0 Å². The molecule has 0 aromatic heterocycles. The molecule has 0 saturated carbocycles. The molecule has 0 aromatic carbocycles. The molecule has 0 aliphatic carbocycles. The summed E-state index contributed by atoms with van der Waals surface area (Å²) in [6, 6.07) is 0. The fourth-order valence-corrected chi connectivity index (χ4v) is 0. The maximum Gasteiger partial charge on any atom is 0 e. The zero-order valence-electron chi connectivity index (χ0n) is 2.30. The Morgan fingerprint density at radius 2 is 1.00 bits per heavy atom. The predicted octanol–water partition coefficient (Wildman–Crippen LogP) is -4.33. The predicted molar refractivity (Wildman–Crippen MR) is 11.5 cm³/mol. The van der Waals surface area contributed by atoms with Gasteiger partial charge in [0.2, 0.25) is 0 Å². The van der Waals surface area contributed by atoms with Crippen LogP contribution in [-0.4, -0.2) is 24.9 Å². The summed E-state index contributed by atoms with van der Waals surface area (Å²) in [5.74, 6) is 0. The molecule has 0 aromatic rings. The molecule has 0 aliphatic heterocycles. The molecule has 5 heavy (non-hydrogen) atoms. The van der Waals surface area contributed by atoms with Crippen LogP contribution in [0.2, 0.25) is 0 Å². The molecule has 0 atom stereocenters. The number of hydrogen-bond acceptors (Lipinski definition) is 3. The van der Waals surface area contributed by atoms with Crippen molar-refractivity contribution in [2.75, 3.05) is 0 Å². The maximum absolute atomic E-state index is 8.42. The van der Waals surface area contributed by atoms with Gasteiger partial charge < -0.3 is 15.1 Å². The van der Waals surface area contributed by atoms with Crippen molar-refractivity contribution in [2.45, 2.75) is 0 Å². The van der Waals surface area contributed by atoms with E-state index < -0.39 is 7.32 Å². The van der Waals surface area contributed by atoms with E-state index in [-0.39, 0.29) is 17.6 Å². The standard InChI is InChI=1S/BO3.Ge/c2-1(3)4;/q-3;. The van der Waals surface area contributed by atoms with Crippen LogP contribution in [0.25, 0.3) is 0 Å². The molecule has 28 valence electrons. The Kier molecular flexibility index (Phi) is 8.16. The van der Waals surface area contributed by atoms with Crippen molar-refractivity contribution >= 4 is 24.9 Å². The summed E-state index contributed by atoms with van der Waals surface area (Å²) in [6.07, 6.45) is 0. The third kappa shape index (κ3) is 117. The van der Waals surface area contributed by atoms with Crippen LogP contribution in [0.3, 0.4) is 0 Å². The SMILES string of the molecule is [Ge].[O-]B([O-])[O-]. The zero-order valence-corrected chi connectivity index (χ0v) is 4.40. The van der Waals surface area contributed by atoms with Crippen LogP contribution in [0.1, 0.15) is 0 Å². The van der Waals surface area contributed by atoms with Gasteiger partial charge in [-0.15, -0.1) is 0 Å². The molecule has 0 saturated heterocycles. The van der Waals surface area contributed by atoms with Crippen molar-refractivity contribution < 1.29 is 15.1 Å². The summed E-state index contributed by atoms with van der Waals surface area (Å²) in [6.45, 7) is 0. The molecule has 0 spiro atoms. The van der Waals surface area contributed by atoms with Gasteiger partial charge in [0.1, 0.15) is 0 Å². The van der Waals surface area contributed by atoms with Crippen molar-refractivity contribution in [3.63, 3.8) is 0 Å². The van der Waals surface area contributed by atoms with Crippen LogP contribution in [-0.2, 0) is 0 Å². The molecule has 4 radical (unpaired) electrons. The third-order valence-electron chi connectivity index (χ3n) is 0. The van der Waals surface area contributed by atoms with Gasteiger partial charge >= 0.3 is 0 Å². The Hall–Kier alpha value is 0.488. The van der Waals surface area contributed by atoms with Crippen molar-refractivity contribution in [2.24, 2.45) is 0 Å². The monoisotopic (exact) mass is 133 g/mol. The molecule has 0 aliphatic rings. The number of rotatable bonds is 0. The van der Waals surface area contributed by atoms with Gasteiger partial charge in [-0.3, -0.25) is 7.32 Å². The fraction of sp³-hybridized carbons (Fsp3) is 0. The van der Waals surface area contributed by atoms with E-state index in [1.165, 1.54) is 0 Å². The van der Waals surface area contributed by atoms with Crippen LogP contribution >= 0.6 is 0 Å². The molecule has 0 rings (SSSR count). The molecule has 0 fully saturated rings. The van der Waals surface area contributed by atoms with E-state index in [4.69, 9.17) is 15.1 Å². The van der Waals surface area contributed by atoms with Gasteiger partial charge in [-0.2, -0.15) is 0 Å². The van der Waals surface area contributed by atoms with Crippen LogP contribution in [0.15, 0.2) is 0 Å². The van der Waals surface area contributed by atoms with Crippen molar-refractivity contribution in [3.8, 4) is 0 Å². The van der Waals surface area contributed by atoms with Crippen LogP contribution < -0.4 is 15.1 Å². The van der Waals surface area contributed by atoms with E-state index in [2.05, 4.69) is 0 Å². The minimum absolute atomic E-state index is 0. The normalized spacial score (nSPS) is 5.40. The summed E-state index contributed by atoms with van der Waals surface area (Å²) in [5.41, 5.74) is 0. The quantitative estimate of drug-likeness (QED) is 0.312. The second kappa shape index (κ2) is 4.49. The van der Waals surface area contributed by atoms with Gasteiger partial charge in [0.05, 0.1) is 0 Å². The molecule has 0 unspecified atom stereocenters. The minimum atomic E-state index is -2.92. The van der Waals surface area contributed by atoms with Crippen molar-refractivity contribution in [3.05, 3.63) is 0 Å². The molecule has 0 amide bonds. The van der Waals surface area contributed by atoms with E-state index in [0.29, 0.717) is 0 Å². The summed E-state index contributed by atoms with van der Waals surface area (Å²) in [7, 11) is -2.92. The zero-order chi connectivity index (χ0) is 3.58. The maximum atomic E-state index is 8.42. The summed E-state index contributed by atoms with van der Waals surface area (Å²) >= 11 is 0. The molecule has 0 bridgehead atoms. The first kappa shape index (κ1) is 9.09. The van der Waals surface area contributed by atoms with E-state index in [1.807, 2.05) is 0 Å². The second-order valence-electron chi connectivity index (χ2n) is 0.289. The summed E-state index contributed by atoms with van der Waals surface area (Å²) < 4.78 is 0. The van der Waals surface area contributed by atoms with E-state index in [0.717, 1.165) is 0 Å². The van der Waals surface area contributed by atoms with Gasteiger partial charge in [-0.05, 0) is 0 Å². The van der Waals surface area contributed by atoms with E-state index in [9.17, 15) is 0 Å². The van der Waals surface area contributed by atoms with E-state index >= 15 is 0 Å². The Morgan fingerprint density at radius 3 is 1.00 bits per heavy atom. The van der Waals surface area contributed by atoms with Crippen molar-refractivity contribution in [1.82, 2.24) is 0 Å². The molecule has 5 heteroatoms. The molecule has 0 N–H and O–H groups in total. The van der Waals surface area contributed by atoms with Crippen LogP contribution in [0, 0.1) is 0 Å². The van der Waals surface area contributed by atoms with Crippen LogP contribution in [0.5, 0.6) is 0 Å². The molecule has 0 heterocycles. The Balaban J connectivity index is 0. The Bertz CT molecular complexity index is 11.6. The van der Waals surface area contributed by atoms with Gasteiger partial charge in [0.25, 0.3) is 0 Å².